The number of piperidine rings is 1. The van der Waals surface area contributed by atoms with E-state index in [4.69, 9.17) is 0 Å². The first-order valence-corrected chi connectivity index (χ1v) is 12.7. The van der Waals surface area contributed by atoms with Crippen molar-refractivity contribution >= 4 is 59.1 Å². The van der Waals surface area contributed by atoms with Crippen LogP contribution < -0.4 is 5.32 Å². The molecule has 2 heterocycles. The fourth-order valence-corrected chi connectivity index (χ4v) is 7.53. The SMILES string of the molecule is O=C(NCc1ccc(C(F)(F)F)cc1)C1CCN(S(=O)(=O)c2cc(Br)c(Br)s2)CC1. The number of sulfonamides is 1. The maximum atomic E-state index is 12.8. The monoisotopic (exact) mass is 588 g/mol. The topological polar surface area (TPSA) is 66.5 Å². The number of hydrogen-bond acceptors (Lipinski definition) is 4. The summed E-state index contributed by atoms with van der Waals surface area (Å²) in [5.41, 5.74) is -0.179. The molecule has 2 aromatic rings. The largest absolute Gasteiger partial charge is 0.416 e. The Balaban J connectivity index is 1.53. The third-order valence-corrected chi connectivity index (χ3v) is 10.4. The van der Waals surface area contributed by atoms with Crippen molar-refractivity contribution in [2.24, 2.45) is 5.92 Å². The predicted molar refractivity (Wildman–Crippen MR) is 114 cm³/mol. The van der Waals surface area contributed by atoms with Gasteiger partial charge in [-0.1, -0.05) is 12.1 Å². The van der Waals surface area contributed by atoms with Gasteiger partial charge in [-0.3, -0.25) is 4.79 Å². The van der Waals surface area contributed by atoms with Crippen molar-refractivity contribution in [3.8, 4) is 0 Å². The first kappa shape index (κ1) is 23.7. The highest BCUT2D eigenvalue weighted by atomic mass is 79.9. The molecule has 1 fully saturated rings. The Hall–Kier alpha value is -0.950. The zero-order chi connectivity index (χ0) is 22.1. The van der Waals surface area contributed by atoms with Crippen molar-refractivity contribution < 1.29 is 26.4 Å². The van der Waals surface area contributed by atoms with Gasteiger partial charge in [-0.15, -0.1) is 11.3 Å². The van der Waals surface area contributed by atoms with Gasteiger partial charge in [-0.05, 0) is 68.5 Å². The fraction of sp³-hybridized carbons (Fsp3) is 0.389. The fourth-order valence-electron chi connectivity index (χ4n) is 3.08. The summed E-state index contributed by atoms with van der Waals surface area (Å²) in [5.74, 6) is -0.568. The molecular weight excluding hydrogens is 573 g/mol. The zero-order valence-electron chi connectivity index (χ0n) is 15.4. The van der Waals surface area contributed by atoms with E-state index in [9.17, 15) is 26.4 Å². The van der Waals surface area contributed by atoms with E-state index in [0.29, 0.717) is 26.7 Å². The molecule has 0 unspecified atom stereocenters. The number of nitrogens with zero attached hydrogens (tertiary/aromatic N) is 1. The Morgan fingerprint density at radius 2 is 1.77 bits per heavy atom. The minimum Gasteiger partial charge on any atom is -0.352 e. The van der Waals surface area contributed by atoms with E-state index in [0.717, 1.165) is 23.5 Å². The molecule has 1 aromatic heterocycles. The van der Waals surface area contributed by atoms with E-state index < -0.39 is 21.8 Å². The van der Waals surface area contributed by atoms with Crippen LogP contribution in [-0.4, -0.2) is 31.7 Å². The summed E-state index contributed by atoms with van der Waals surface area (Å²) in [4.78, 5) is 12.4. The van der Waals surface area contributed by atoms with Crippen LogP contribution in [0.3, 0.4) is 0 Å². The molecule has 0 spiro atoms. The highest BCUT2D eigenvalue weighted by Gasteiger charge is 2.33. The minimum atomic E-state index is -4.40. The molecule has 12 heteroatoms. The second-order valence-electron chi connectivity index (χ2n) is 6.78. The number of rotatable bonds is 5. The van der Waals surface area contributed by atoms with Crippen molar-refractivity contribution in [2.75, 3.05) is 13.1 Å². The molecule has 164 valence electrons. The first-order chi connectivity index (χ1) is 14.0. The second kappa shape index (κ2) is 9.27. The standard InChI is InChI=1S/C18H17Br2F3N2O3S2/c19-14-9-15(29-16(14)20)30(27,28)25-7-5-12(6-8-25)17(26)24-10-11-1-3-13(4-2-11)18(21,22)23/h1-4,9,12H,5-8,10H2,(H,24,26). The Kier molecular flexibility index (Phi) is 7.33. The van der Waals surface area contributed by atoms with E-state index in [-0.39, 0.29) is 35.7 Å². The predicted octanol–water partition coefficient (Wildman–Crippen LogP) is 5.01. The molecule has 0 saturated carbocycles. The molecule has 3 rings (SSSR count). The number of carbonyl (C=O) groups excluding carboxylic acids is 1. The van der Waals surface area contributed by atoms with Crippen LogP contribution in [0.5, 0.6) is 0 Å². The molecule has 1 aliphatic rings. The molecule has 1 aliphatic heterocycles. The Morgan fingerprint density at radius 1 is 1.17 bits per heavy atom. The average Bonchev–Trinajstić information content (AvgIpc) is 3.05. The highest BCUT2D eigenvalue weighted by Crippen LogP contribution is 2.37. The lowest BCUT2D eigenvalue weighted by Crippen LogP contribution is -2.42. The van der Waals surface area contributed by atoms with Gasteiger partial charge in [0.1, 0.15) is 4.21 Å². The number of amides is 1. The quantitative estimate of drug-likeness (QED) is 0.533. The number of carbonyl (C=O) groups is 1. The zero-order valence-corrected chi connectivity index (χ0v) is 20.2. The van der Waals surface area contributed by atoms with Crippen LogP contribution in [0.1, 0.15) is 24.0 Å². The molecule has 1 aromatic carbocycles. The third-order valence-electron chi connectivity index (χ3n) is 4.79. The van der Waals surface area contributed by atoms with Gasteiger partial charge in [0.2, 0.25) is 5.91 Å². The number of halogens is 5. The molecule has 1 amide bonds. The number of alkyl halides is 3. The van der Waals surface area contributed by atoms with Gasteiger partial charge in [0.05, 0.1) is 9.35 Å². The van der Waals surface area contributed by atoms with E-state index >= 15 is 0 Å². The molecule has 1 N–H and O–H groups in total. The molecule has 0 bridgehead atoms. The third kappa shape index (κ3) is 5.45. The van der Waals surface area contributed by atoms with Crippen LogP contribution in [0.15, 0.2) is 42.8 Å². The van der Waals surface area contributed by atoms with Gasteiger partial charge in [0.15, 0.2) is 0 Å². The van der Waals surface area contributed by atoms with Gasteiger partial charge in [-0.2, -0.15) is 17.5 Å². The highest BCUT2D eigenvalue weighted by molar-refractivity contribution is 9.13. The van der Waals surface area contributed by atoms with Crippen molar-refractivity contribution in [1.29, 1.82) is 0 Å². The van der Waals surface area contributed by atoms with Crippen molar-refractivity contribution in [2.45, 2.75) is 29.8 Å². The van der Waals surface area contributed by atoms with E-state index in [1.165, 1.54) is 16.4 Å². The number of nitrogens with one attached hydrogen (secondary N) is 1. The van der Waals surface area contributed by atoms with Crippen LogP contribution in [-0.2, 0) is 27.5 Å². The maximum Gasteiger partial charge on any atom is 0.416 e. The van der Waals surface area contributed by atoms with E-state index in [1.807, 2.05) is 0 Å². The number of thiophene rings is 1. The molecule has 5 nitrogen and oxygen atoms in total. The molecule has 0 atom stereocenters. The van der Waals surface area contributed by atoms with Gasteiger partial charge in [-0.25, -0.2) is 8.42 Å². The number of hydrogen-bond donors (Lipinski definition) is 1. The van der Waals surface area contributed by atoms with Gasteiger partial charge in [0.25, 0.3) is 10.0 Å². The summed E-state index contributed by atoms with van der Waals surface area (Å²) in [7, 11) is -3.62. The Morgan fingerprint density at radius 3 is 2.27 bits per heavy atom. The number of benzene rings is 1. The summed E-state index contributed by atoms with van der Waals surface area (Å²) in [6.07, 6.45) is -3.64. The smallest absolute Gasteiger partial charge is 0.352 e. The Labute approximate surface area is 193 Å². The molecule has 30 heavy (non-hydrogen) atoms. The van der Waals surface area contributed by atoms with Crippen molar-refractivity contribution in [3.63, 3.8) is 0 Å². The van der Waals surface area contributed by atoms with E-state index in [1.54, 1.807) is 6.07 Å². The molecule has 0 aliphatic carbocycles. The van der Waals surface area contributed by atoms with Crippen LogP contribution >= 0.6 is 43.2 Å². The van der Waals surface area contributed by atoms with Gasteiger partial charge >= 0.3 is 6.18 Å². The van der Waals surface area contributed by atoms with E-state index in [2.05, 4.69) is 37.2 Å². The van der Waals surface area contributed by atoms with Gasteiger partial charge in [0, 0.05) is 30.0 Å². The second-order valence-corrected chi connectivity index (χ2v) is 12.2. The van der Waals surface area contributed by atoms with Crippen LogP contribution in [0.25, 0.3) is 0 Å². The summed E-state index contributed by atoms with van der Waals surface area (Å²) in [5, 5.41) is 2.72. The van der Waals surface area contributed by atoms with Crippen LogP contribution in [0.2, 0.25) is 0 Å². The Bertz CT molecular complexity index is 997. The maximum absolute atomic E-state index is 12.8. The summed E-state index contributed by atoms with van der Waals surface area (Å²) in [6.45, 7) is 0.578. The summed E-state index contributed by atoms with van der Waals surface area (Å²) in [6, 6.07) is 6.16. The molecule has 0 radical (unpaired) electrons. The van der Waals surface area contributed by atoms with Gasteiger partial charge < -0.3 is 5.32 Å². The summed E-state index contributed by atoms with van der Waals surface area (Å²) >= 11 is 7.70. The lowest BCUT2D eigenvalue weighted by molar-refractivity contribution is -0.137. The lowest BCUT2D eigenvalue weighted by atomic mass is 9.97. The van der Waals surface area contributed by atoms with Crippen molar-refractivity contribution in [1.82, 2.24) is 9.62 Å². The van der Waals surface area contributed by atoms with Crippen LogP contribution in [0.4, 0.5) is 13.2 Å². The van der Waals surface area contributed by atoms with Crippen molar-refractivity contribution in [3.05, 3.63) is 49.7 Å². The molecule has 1 saturated heterocycles. The normalized spacial score (nSPS) is 16.6. The molecular formula is C18H17Br2F3N2O3S2. The first-order valence-electron chi connectivity index (χ1n) is 8.87. The average molecular weight is 590 g/mol. The lowest BCUT2D eigenvalue weighted by Gasteiger charge is -2.30. The summed E-state index contributed by atoms with van der Waals surface area (Å²) < 4.78 is 66.3. The minimum absolute atomic E-state index is 0.118. The van der Waals surface area contributed by atoms with Crippen LogP contribution in [0, 0.1) is 5.92 Å².